The summed E-state index contributed by atoms with van der Waals surface area (Å²) in [6.45, 7) is 4.58. The summed E-state index contributed by atoms with van der Waals surface area (Å²) in [5.74, 6) is 0.0426. The predicted octanol–water partition coefficient (Wildman–Crippen LogP) is 4.05. The smallest absolute Gasteiger partial charge is 0.242 e. The minimum absolute atomic E-state index is 0.0376. The molecule has 0 unspecified atom stereocenters. The van der Waals surface area contributed by atoms with Crippen molar-refractivity contribution in [2.24, 2.45) is 5.92 Å². The van der Waals surface area contributed by atoms with E-state index in [2.05, 4.69) is 23.9 Å². The Balaban J connectivity index is 2.24. The van der Waals surface area contributed by atoms with Crippen LogP contribution in [0.15, 0.2) is 53.4 Å². The fraction of sp³-hybridized carbons (Fsp3) is 0.350. The first-order chi connectivity index (χ1) is 13.2. The second-order valence-corrected chi connectivity index (χ2v) is 9.44. The third-order valence-corrected chi connectivity index (χ3v) is 6.29. The number of amides is 1. The largest absolute Gasteiger partial charge is 0.355 e. The van der Waals surface area contributed by atoms with Crippen LogP contribution in [0.4, 0.5) is 0 Å². The number of rotatable bonds is 9. The van der Waals surface area contributed by atoms with E-state index in [1.54, 1.807) is 0 Å². The fourth-order valence-electron chi connectivity index (χ4n) is 2.58. The summed E-state index contributed by atoms with van der Waals surface area (Å²) in [7, 11) is -4.05. The third-order valence-electron chi connectivity index (χ3n) is 4.10. The van der Waals surface area contributed by atoms with Gasteiger partial charge in [-0.05, 0) is 42.5 Å². The molecule has 0 heterocycles. The van der Waals surface area contributed by atoms with Crippen LogP contribution in [0.2, 0.25) is 10.0 Å². The van der Waals surface area contributed by atoms with Crippen molar-refractivity contribution in [1.29, 1.82) is 0 Å². The summed E-state index contributed by atoms with van der Waals surface area (Å²) in [5, 5.41) is 3.09. The minimum Gasteiger partial charge on any atom is -0.355 e. The first-order valence-electron chi connectivity index (χ1n) is 8.98. The van der Waals surface area contributed by atoms with E-state index in [1.807, 2.05) is 30.3 Å². The van der Waals surface area contributed by atoms with Gasteiger partial charge in [0.2, 0.25) is 15.9 Å². The molecule has 0 saturated carbocycles. The second-order valence-electron chi connectivity index (χ2n) is 6.91. The van der Waals surface area contributed by atoms with Gasteiger partial charge in [0, 0.05) is 11.6 Å². The van der Waals surface area contributed by atoms with Gasteiger partial charge in [-0.3, -0.25) is 4.79 Å². The standard InChI is InChI=1S/C20H24Cl2N2O3S/c1-14(2)10-11-23-20(25)18(12-15-6-4-3-5-7-15)24-28(26,27)19-13-16(21)8-9-17(19)22/h3-9,13-14,18,24H,10-12H2,1-2H3,(H,23,25)/t18-/m1/s1. The third kappa shape index (κ3) is 6.78. The molecule has 0 radical (unpaired) electrons. The molecule has 1 amide bonds. The first-order valence-corrected chi connectivity index (χ1v) is 11.2. The van der Waals surface area contributed by atoms with Crippen LogP contribution in [0.1, 0.15) is 25.8 Å². The van der Waals surface area contributed by atoms with Crippen molar-refractivity contribution in [3.8, 4) is 0 Å². The van der Waals surface area contributed by atoms with E-state index in [9.17, 15) is 13.2 Å². The van der Waals surface area contributed by atoms with Crippen LogP contribution in [-0.2, 0) is 21.2 Å². The predicted molar refractivity (Wildman–Crippen MR) is 113 cm³/mol. The van der Waals surface area contributed by atoms with Crippen molar-refractivity contribution >= 4 is 39.1 Å². The maximum atomic E-state index is 12.9. The molecule has 5 nitrogen and oxygen atoms in total. The highest BCUT2D eigenvalue weighted by molar-refractivity contribution is 7.89. The van der Waals surface area contributed by atoms with Gasteiger partial charge in [-0.25, -0.2) is 8.42 Å². The topological polar surface area (TPSA) is 75.3 Å². The van der Waals surface area contributed by atoms with Gasteiger partial charge in [-0.2, -0.15) is 4.72 Å². The number of hydrogen-bond acceptors (Lipinski definition) is 3. The summed E-state index contributed by atoms with van der Waals surface area (Å²) in [6.07, 6.45) is 1.02. The summed E-state index contributed by atoms with van der Waals surface area (Å²) in [4.78, 5) is 12.5. The van der Waals surface area contributed by atoms with Crippen molar-refractivity contribution in [3.63, 3.8) is 0 Å². The zero-order valence-electron chi connectivity index (χ0n) is 15.8. The maximum Gasteiger partial charge on any atom is 0.242 e. The Morgan fingerprint density at radius 1 is 1.07 bits per heavy atom. The number of carbonyl (C=O) groups excluding carboxylic acids is 1. The number of nitrogens with one attached hydrogen (secondary N) is 2. The molecular formula is C20H24Cl2N2O3S. The second kappa shape index (κ2) is 10.3. The molecule has 8 heteroatoms. The maximum absolute atomic E-state index is 12.9. The Kier molecular flexibility index (Phi) is 8.31. The zero-order chi connectivity index (χ0) is 20.7. The van der Waals surface area contributed by atoms with Gasteiger partial charge in [0.15, 0.2) is 0 Å². The van der Waals surface area contributed by atoms with Gasteiger partial charge in [0.25, 0.3) is 0 Å². The number of hydrogen-bond donors (Lipinski definition) is 2. The molecule has 2 rings (SSSR count). The van der Waals surface area contributed by atoms with E-state index < -0.39 is 16.1 Å². The van der Waals surface area contributed by atoms with Crippen LogP contribution < -0.4 is 10.0 Å². The van der Waals surface area contributed by atoms with Gasteiger partial charge in [-0.1, -0.05) is 67.4 Å². The summed E-state index contributed by atoms with van der Waals surface area (Å²) in [5.41, 5.74) is 0.839. The van der Waals surface area contributed by atoms with Gasteiger partial charge in [0.05, 0.1) is 5.02 Å². The van der Waals surface area contributed by atoms with E-state index in [0.29, 0.717) is 12.5 Å². The molecule has 2 aromatic rings. The Morgan fingerprint density at radius 3 is 2.39 bits per heavy atom. The van der Waals surface area contributed by atoms with Crippen molar-refractivity contribution in [2.45, 2.75) is 37.6 Å². The molecule has 152 valence electrons. The van der Waals surface area contributed by atoms with Crippen LogP contribution in [0.3, 0.4) is 0 Å². The Hall–Kier alpha value is -1.60. The lowest BCUT2D eigenvalue weighted by atomic mass is 10.1. The van der Waals surface area contributed by atoms with E-state index in [1.165, 1.54) is 18.2 Å². The lowest BCUT2D eigenvalue weighted by molar-refractivity contribution is -0.122. The average Bonchev–Trinajstić information content (AvgIpc) is 2.63. The van der Waals surface area contributed by atoms with Gasteiger partial charge < -0.3 is 5.32 Å². The highest BCUT2D eigenvalue weighted by atomic mass is 35.5. The Bertz CT molecular complexity index is 903. The number of carbonyl (C=O) groups is 1. The van der Waals surface area contributed by atoms with Crippen LogP contribution in [0.5, 0.6) is 0 Å². The molecule has 0 aliphatic heterocycles. The van der Waals surface area contributed by atoms with Crippen molar-refractivity contribution < 1.29 is 13.2 Å². The van der Waals surface area contributed by atoms with Crippen molar-refractivity contribution in [2.75, 3.05) is 6.54 Å². The molecule has 1 atom stereocenters. The molecule has 0 aliphatic carbocycles. The molecule has 0 fully saturated rings. The normalized spacial score (nSPS) is 12.8. The highest BCUT2D eigenvalue weighted by Crippen LogP contribution is 2.25. The molecule has 2 aromatic carbocycles. The van der Waals surface area contributed by atoms with E-state index in [-0.39, 0.29) is 27.3 Å². The first kappa shape index (κ1) is 22.7. The molecule has 0 aromatic heterocycles. The molecule has 0 saturated heterocycles. The quantitative estimate of drug-likeness (QED) is 0.614. The molecule has 2 N–H and O–H groups in total. The summed E-state index contributed by atoms with van der Waals surface area (Å²) >= 11 is 12.0. The minimum atomic E-state index is -4.05. The van der Waals surface area contributed by atoms with Crippen LogP contribution in [0, 0.1) is 5.92 Å². The summed E-state index contributed by atoms with van der Waals surface area (Å²) < 4.78 is 28.2. The zero-order valence-corrected chi connectivity index (χ0v) is 18.1. The Labute approximate surface area is 176 Å². The Morgan fingerprint density at radius 2 is 1.75 bits per heavy atom. The number of halogens is 2. The van der Waals surface area contributed by atoms with Crippen molar-refractivity contribution in [1.82, 2.24) is 10.0 Å². The summed E-state index contributed by atoms with van der Waals surface area (Å²) in [6, 6.07) is 12.4. The average molecular weight is 443 g/mol. The molecular weight excluding hydrogens is 419 g/mol. The number of sulfonamides is 1. The van der Waals surface area contributed by atoms with Gasteiger partial charge in [0.1, 0.15) is 10.9 Å². The number of benzene rings is 2. The lowest BCUT2D eigenvalue weighted by Gasteiger charge is -2.19. The highest BCUT2D eigenvalue weighted by Gasteiger charge is 2.27. The van der Waals surface area contributed by atoms with E-state index >= 15 is 0 Å². The monoisotopic (exact) mass is 442 g/mol. The molecule has 28 heavy (non-hydrogen) atoms. The molecule has 0 spiro atoms. The lowest BCUT2D eigenvalue weighted by Crippen LogP contribution is -2.48. The van der Waals surface area contributed by atoms with Crippen molar-refractivity contribution in [3.05, 3.63) is 64.1 Å². The fourth-order valence-corrected chi connectivity index (χ4v) is 4.54. The van der Waals surface area contributed by atoms with Gasteiger partial charge in [-0.15, -0.1) is 0 Å². The molecule has 0 bridgehead atoms. The van der Waals surface area contributed by atoms with E-state index in [0.717, 1.165) is 12.0 Å². The van der Waals surface area contributed by atoms with Crippen LogP contribution in [0.25, 0.3) is 0 Å². The van der Waals surface area contributed by atoms with E-state index in [4.69, 9.17) is 23.2 Å². The molecule has 0 aliphatic rings. The van der Waals surface area contributed by atoms with Crippen LogP contribution >= 0.6 is 23.2 Å². The van der Waals surface area contributed by atoms with Gasteiger partial charge >= 0.3 is 0 Å². The van der Waals surface area contributed by atoms with Crippen LogP contribution in [-0.4, -0.2) is 26.9 Å². The SMILES string of the molecule is CC(C)CCNC(=O)[C@@H](Cc1ccccc1)NS(=O)(=O)c1cc(Cl)ccc1Cl.